The first-order valence-corrected chi connectivity index (χ1v) is 9.65. The Kier molecular flexibility index (Phi) is 5.66. The van der Waals surface area contributed by atoms with E-state index in [-0.39, 0.29) is 5.78 Å². The third-order valence-electron chi connectivity index (χ3n) is 2.14. The van der Waals surface area contributed by atoms with Crippen LogP contribution in [0.1, 0.15) is 9.75 Å². The molecule has 0 spiro atoms. The summed E-state index contributed by atoms with van der Waals surface area (Å²) in [6, 6.07) is 3.99. The average molecular weight is 538 g/mol. The summed E-state index contributed by atoms with van der Waals surface area (Å²) in [6.45, 7) is 0. The van der Waals surface area contributed by atoms with Crippen LogP contribution in [0.2, 0.25) is 0 Å². The van der Waals surface area contributed by atoms with Gasteiger partial charge in [-0.15, -0.1) is 22.7 Å². The fourth-order valence-electron chi connectivity index (χ4n) is 1.41. The van der Waals surface area contributed by atoms with Crippen molar-refractivity contribution in [2.45, 2.75) is 12.8 Å². The molecule has 0 unspecified atom stereocenters. The maximum atomic E-state index is 12.0. The molecule has 2 aromatic heterocycles. The highest BCUT2D eigenvalue weighted by molar-refractivity contribution is 9.13. The van der Waals surface area contributed by atoms with Gasteiger partial charge in [0, 0.05) is 31.5 Å². The number of hydrogen-bond acceptors (Lipinski definition) is 3. The predicted molar refractivity (Wildman–Crippen MR) is 91.9 cm³/mol. The van der Waals surface area contributed by atoms with Crippen molar-refractivity contribution < 1.29 is 4.79 Å². The van der Waals surface area contributed by atoms with Crippen LogP contribution < -0.4 is 0 Å². The highest BCUT2D eigenvalue weighted by atomic mass is 79.9. The number of rotatable bonds is 4. The summed E-state index contributed by atoms with van der Waals surface area (Å²) in [5.74, 6) is 0.234. The van der Waals surface area contributed by atoms with Gasteiger partial charge in [0.2, 0.25) is 0 Å². The van der Waals surface area contributed by atoms with Gasteiger partial charge in [-0.25, -0.2) is 0 Å². The average Bonchev–Trinajstić information content (AvgIpc) is 2.72. The smallest absolute Gasteiger partial charge is 0.143 e. The minimum absolute atomic E-state index is 0.234. The van der Waals surface area contributed by atoms with E-state index in [1.54, 1.807) is 22.7 Å². The molecule has 2 rings (SSSR count). The van der Waals surface area contributed by atoms with Crippen molar-refractivity contribution in [1.82, 2.24) is 0 Å². The van der Waals surface area contributed by atoms with E-state index >= 15 is 0 Å². The number of carbonyl (C=O) groups excluding carboxylic acids is 1. The van der Waals surface area contributed by atoms with Crippen LogP contribution in [0.25, 0.3) is 0 Å². The van der Waals surface area contributed by atoms with Gasteiger partial charge in [-0.2, -0.15) is 0 Å². The van der Waals surface area contributed by atoms with E-state index in [2.05, 4.69) is 63.7 Å². The Balaban J connectivity index is 2.00. The first kappa shape index (κ1) is 15.4. The van der Waals surface area contributed by atoms with Gasteiger partial charge in [0.1, 0.15) is 5.78 Å². The van der Waals surface area contributed by atoms with Crippen LogP contribution in [-0.2, 0) is 17.6 Å². The van der Waals surface area contributed by atoms with Gasteiger partial charge < -0.3 is 0 Å². The van der Waals surface area contributed by atoms with Crippen molar-refractivity contribution >= 4 is 92.2 Å². The van der Waals surface area contributed by atoms with Gasteiger partial charge in [-0.3, -0.25) is 4.79 Å². The number of hydrogen-bond donors (Lipinski definition) is 0. The van der Waals surface area contributed by atoms with Crippen LogP contribution in [0.15, 0.2) is 28.7 Å². The molecule has 1 nitrogen and oxygen atoms in total. The molecular formula is C11H6Br4OS2. The molecule has 2 heterocycles. The molecule has 0 aliphatic carbocycles. The number of halogens is 4. The third kappa shape index (κ3) is 3.99. The van der Waals surface area contributed by atoms with Crippen molar-refractivity contribution in [2.24, 2.45) is 0 Å². The molecule has 0 fully saturated rings. The largest absolute Gasteiger partial charge is 0.299 e. The van der Waals surface area contributed by atoms with Gasteiger partial charge >= 0.3 is 0 Å². The topological polar surface area (TPSA) is 17.1 Å². The van der Waals surface area contributed by atoms with Gasteiger partial charge in [-0.05, 0) is 75.9 Å². The standard InChI is InChI=1S/C11H6Br4OS2/c12-8-3-6(17-10(8)14)1-5(16)2-7-4-9(13)11(15)18-7/h3-4H,1-2H2. The van der Waals surface area contributed by atoms with Gasteiger partial charge in [-0.1, -0.05) is 0 Å². The number of Topliss-reactive ketones (excluding diaryl/α,β-unsaturated/α-hetero) is 1. The second-order valence-electron chi connectivity index (χ2n) is 3.56. The lowest BCUT2D eigenvalue weighted by Crippen LogP contribution is -2.03. The monoisotopic (exact) mass is 534 g/mol. The lowest BCUT2D eigenvalue weighted by atomic mass is 10.2. The van der Waals surface area contributed by atoms with E-state index in [9.17, 15) is 4.79 Å². The Morgan fingerprint density at radius 1 is 0.889 bits per heavy atom. The molecule has 0 bridgehead atoms. The first-order chi connectivity index (χ1) is 8.45. The zero-order valence-corrected chi connectivity index (χ0v) is 16.8. The Hall–Kier alpha value is 0.990. The van der Waals surface area contributed by atoms with Crippen LogP contribution >= 0.6 is 86.4 Å². The fourth-order valence-corrected chi connectivity index (χ4v) is 5.82. The number of thiophene rings is 2. The molecule has 0 amide bonds. The molecule has 18 heavy (non-hydrogen) atoms. The molecule has 0 N–H and O–H groups in total. The van der Waals surface area contributed by atoms with E-state index in [0.717, 1.165) is 26.3 Å². The summed E-state index contributed by atoms with van der Waals surface area (Å²) < 4.78 is 4.09. The molecule has 0 saturated heterocycles. The van der Waals surface area contributed by atoms with Gasteiger partial charge in [0.25, 0.3) is 0 Å². The lowest BCUT2D eigenvalue weighted by Gasteiger charge is -1.96. The second-order valence-corrected chi connectivity index (χ2v) is 10.2. The fraction of sp³-hybridized carbons (Fsp3) is 0.182. The molecule has 0 radical (unpaired) electrons. The second kappa shape index (κ2) is 6.63. The van der Waals surface area contributed by atoms with Crippen molar-refractivity contribution in [3.05, 3.63) is 38.4 Å². The predicted octanol–water partition coefficient (Wildman–Crippen LogP) is 6.21. The Bertz CT molecular complexity index is 499. The summed E-state index contributed by atoms with van der Waals surface area (Å²) in [7, 11) is 0. The molecule has 96 valence electrons. The molecule has 2 aromatic rings. The van der Waals surface area contributed by atoms with Crippen molar-refractivity contribution in [2.75, 3.05) is 0 Å². The van der Waals surface area contributed by atoms with Gasteiger partial charge in [0.05, 0.1) is 7.57 Å². The molecule has 0 atom stereocenters. The lowest BCUT2D eigenvalue weighted by molar-refractivity contribution is -0.117. The molecule has 0 saturated carbocycles. The van der Waals surface area contributed by atoms with Crippen molar-refractivity contribution in [3.63, 3.8) is 0 Å². The molecule has 0 aliphatic heterocycles. The Morgan fingerprint density at radius 2 is 1.28 bits per heavy atom. The Morgan fingerprint density at radius 3 is 1.56 bits per heavy atom. The van der Waals surface area contributed by atoms with Crippen molar-refractivity contribution in [1.29, 1.82) is 0 Å². The first-order valence-electron chi connectivity index (χ1n) is 4.85. The highest BCUT2D eigenvalue weighted by Gasteiger charge is 2.12. The molecular weight excluding hydrogens is 532 g/mol. The SMILES string of the molecule is O=C(Cc1cc(Br)c(Br)s1)Cc1cc(Br)c(Br)s1. The van der Waals surface area contributed by atoms with Crippen LogP contribution in [0.5, 0.6) is 0 Å². The normalized spacial score (nSPS) is 10.9. The quantitative estimate of drug-likeness (QED) is 0.453. The van der Waals surface area contributed by atoms with Crippen LogP contribution in [0.4, 0.5) is 0 Å². The van der Waals surface area contributed by atoms with Crippen LogP contribution in [0, 0.1) is 0 Å². The van der Waals surface area contributed by atoms with Crippen molar-refractivity contribution in [3.8, 4) is 0 Å². The molecule has 0 aromatic carbocycles. The third-order valence-corrected chi connectivity index (χ3v) is 8.65. The summed E-state index contributed by atoms with van der Waals surface area (Å²) >= 11 is 16.9. The minimum atomic E-state index is 0.234. The molecule has 0 aliphatic rings. The summed E-state index contributed by atoms with van der Waals surface area (Å²) in [4.78, 5) is 14.1. The van der Waals surface area contributed by atoms with Crippen LogP contribution in [-0.4, -0.2) is 5.78 Å². The summed E-state index contributed by atoms with van der Waals surface area (Å²) in [5.41, 5.74) is 0. The highest BCUT2D eigenvalue weighted by Crippen LogP contribution is 2.34. The summed E-state index contributed by atoms with van der Waals surface area (Å²) in [5, 5.41) is 0. The van der Waals surface area contributed by atoms with E-state index in [4.69, 9.17) is 0 Å². The molecule has 7 heteroatoms. The number of ketones is 1. The van der Waals surface area contributed by atoms with E-state index in [1.165, 1.54) is 0 Å². The van der Waals surface area contributed by atoms with E-state index in [1.807, 2.05) is 12.1 Å². The maximum Gasteiger partial charge on any atom is 0.143 e. The van der Waals surface area contributed by atoms with Crippen LogP contribution in [0.3, 0.4) is 0 Å². The maximum absolute atomic E-state index is 12.0. The summed E-state index contributed by atoms with van der Waals surface area (Å²) in [6.07, 6.45) is 0.976. The van der Waals surface area contributed by atoms with E-state index < -0.39 is 0 Å². The van der Waals surface area contributed by atoms with E-state index in [0.29, 0.717) is 12.8 Å². The van der Waals surface area contributed by atoms with Gasteiger partial charge in [0.15, 0.2) is 0 Å². The zero-order chi connectivity index (χ0) is 13.3. The minimum Gasteiger partial charge on any atom is -0.299 e. The number of carbonyl (C=O) groups is 1. The Labute approximate surface area is 146 Å². The zero-order valence-electron chi connectivity index (χ0n) is 8.81.